The van der Waals surface area contributed by atoms with Crippen LogP contribution in [-0.2, 0) is 20.1 Å². The van der Waals surface area contributed by atoms with Gasteiger partial charge in [0.2, 0.25) is 0 Å². The van der Waals surface area contributed by atoms with Crippen molar-refractivity contribution in [3.8, 4) is 0 Å². The first-order valence-corrected chi connectivity index (χ1v) is 5.14. The molecule has 0 amide bonds. The van der Waals surface area contributed by atoms with Gasteiger partial charge in [-0.25, -0.2) is 0 Å². The Hall–Kier alpha value is -1.97. The van der Waals surface area contributed by atoms with E-state index in [2.05, 4.69) is 0 Å². The van der Waals surface area contributed by atoms with Crippen LogP contribution in [0.25, 0.3) is 0 Å². The molecular weight excluding hydrogens is 424 g/mol. The number of carboxylic acid groups (broad SMARTS) is 2. The van der Waals surface area contributed by atoms with Crippen LogP contribution in [0.5, 0.6) is 0 Å². The first-order valence-electron chi connectivity index (χ1n) is 5.14. The van der Waals surface area contributed by atoms with Gasteiger partial charge in [-0.05, 0) is 11.1 Å². The van der Waals surface area contributed by atoms with E-state index in [-0.39, 0.29) is 31.2 Å². The summed E-state index contributed by atoms with van der Waals surface area (Å²) in [5, 5.41) is 20.2. The zero-order valence-electron chi connectivity index (χ0n) is 9.74. The van der Waals surface area contributed by atoms with Gasteiger partial charge in [-0.3, -0.25) is 0 Å². The van der Waals surface area contributed by atoms with Crippen molar-refractivity contribution in [3.63, 3.8) is 0 Å². The number of aromatic carboxylic acids is 2. The van der Waals surface area contributed by atoms with Crippen molar-refractivity contribution in [3.05, 3.63) is 71.8 Å². The molecule has 4 nitrogen and oxygen atoms in total. The van der Waals surface area contributed by atoms with Gasteiger partial charge in [0.1, 0.15) is 0 Å². The SMILES string of the molecule is O=C([O-])c1ccccc1.O=C([O-])c1ccccc1.[Ir]. The fourth-order valence-electron chi connectivity index (χ4n) is 1.15. The first-order chi connectivity index (χ1) is 8.61. The van der Waals surface area contributed by atoms with E-state index in [1.807, 2.05) is 0 Å². The molecule has 1 radical (unpaired) electrons. The number of hydrogen-bond acceptors (Lipinski definition) is 4. The molecule has 0 saturated heterocycles. The van der Waals surface area contributed by atoms with E-state index >= 15 is 0 Å². The molecule has 0 aliphatic heterocycles. The maximum atomic E-state index is 10.1. The van der Waals surface area contributed by atoms with E-state index in [1.165, 1.54) is 24.3 Å². The quantitative estimate of drug-likeness (QED) is 0.672. The minimum absolute atomic E-state index is 0. The van der Waals surface area contributed by atoms with Crippen molar-refractivity contribution >= 4 is 11.9 Å². The molecule has 0 fully saturated rings. The van der Waals surface area contributed by atoms with E-state index in [4.69, 9.17) is 0 Å². The second-order valence-electron chi connectivity index (χ2n) is 3.31. The number of rotatable bonds is 2. The van der Waals surface area contributed by atoms with Crippen LogP contribution in [-0.4, -0.2) is 11.9 Å². The van der Waals surface area contributed by atoms with Crippen molar-refractivity contribution in [1.29, 1.82) is 0 Å². The van der Waals surface area contributed by atoms with Crippen LogP contribution >= 0.6 is 0 Å². The molecule has 2 aromatic carbocycles. The molecule has 0 unspecified atom stereocenters. The molecule has 19 heavy (non-hydrogen) atoms. The van der Waals surface area contributed by atoms with Crippen LogP contribution < -0.4 is 10.2 Å². The van der Waals surface area contributed by atoms with Crippen LogP contribution in [0.1, 0.15) is 20.7 Å². The van der Waals surface area contributed by atoms with Gasteiger partial charge in [0, 0.05) is 20.1 Å². The van der Waals surface area contributed by atoms with Gasteiger partial charge in [0.05, 0.1) is 11.9 Å². The van der Waals surface area contributed by atoms with Crippen LogP contribution in [0.4, 0.5) is 0 Å². The van der Waals surface area contributed by atoms with Gasteiger partial charge < -0.3 is 19.8 Å². The summed E-state index contributed by atoms with van der Waals surface area (Å²) in [6.07, 6.45) is 0. The summed E-state index contributed by atoms with van der Waals surface area (Å²) in [4.78, 5) is 20.2. The van der Waals surface area contributed by atoms with E-state index in [1.54, 1.807) is 36.4 Å². The number of carbonyl (C=O) groups is 2. The average molecular weight is 434 g/mol. The topological polar surface area (TPSA) is 80.3 Å². The maximum absolute atomic E-state index is 10.1. The fourth-order valence-corrected chi connectivity index (χ4v) is 1.15. The van der Waals surface area contributed by atoms with Crippen molar-refractivity contribution in [2.24, 2.45) is 0 Å². The third-order valence-corrected chi connectivity index (χ3v) is 2.02. The third kappa shape index (κ3) is 6.50. The zero-order chi connectivity index (χ0) is 13.4. The summed E-state index contributed by atoms with van der Waals surface area (Å²) in [7, 11) is 0. The Balaban J connectivity index is 0.000000324. The fraction of sp³-hybridized carbons (Fsp3) is 0. The van der Waals surface area contributed by atoms with Gasteiger partial charge >= 0.3 is 0 Å². The van der Waals surface area contributed by atoms with Gasteiger partial charge in [-0.1, -0.05) is 60.7 Å². The van der Waals surface area contributed by atoms with Gasteiger partial charge in [-0.2, -0.15) is 0 Å². The molecule has 101 valence electrons. The summed E-state index contributed by atoms with van der Waals surface area (Å²) in [6.45, 7) is 0. The van der Waals surface area contributed by atoms with Gasteiger partial charge in [0.15, 0.2) is 0 Å². The Labute approximate surface area is 124 Å². The Morgan fingerprint density at radius 1 is 0.632 bits per heavy atom. The molecule has 5 heteroatoms. The van der Waals surface area contributed by atoms with E-state index < -0.39 is 11.9 Å². The number of carboxylic acids is 2. The monoisotopic (exact) mass is 435 g/mol. The zero-order valence-corrected chi connectivity index (χ0v) is 12.1. The minimum atomic E-state index is -1.13. The average Bonchev–Trinajstić information content (AvgIpc) is 2.41. The molecule has 2 rings (SSSR count). The minimum Gasteiger partial charge on any atom is -0.545 e. The molecule has 0 aromatic heterocycles. The van der Waals surface area contributed by atoms with Crippen molar-refractivity contribution in [1.82, 2.24) is 0 Å². The Kier molecular flexibility index (Phi) is 8.09. The van der Waals surface area contributed by atoms with Gasteiger partial charge in [0.25, 0.3) is 0 Å². The summed E-state index contributed by atoms with van der Waals surface area (Å²) in [6, 6.07) is 16.1. The van der Waals surface area contributed by atoms with Gasteiger partial charge in [-0.15, -0.1) is 0 Å². The number of benzene rings is 2. The molecular formula is C14H10IrO4-2. The van der Waals surface area contributed by atoms with Crippen LogP contribution in [0.2, 0.25) is 0 Å². The van der Waals surface area contributed by atoms with E-state index in [0.29, 0.717) is 0 Å². The normalized spacial score (nSPS) is 8.42. The summed E-state index contributed by atoms with van der Waals surface area (Å²) in [5.41, 5.74) is 0.440. The molecule has 0 heterocycles. The predicted octanol–water partition coefficient (Wildman–Crippen LogP) is 0.0977. The molecule has 0 N–H and O–H groups in total. The molecule has 0 atom stereocenters. The smallest absolute Gasteiger partial charge is 0.0715 e. The van der Waals surface area contributed by atoms with E-state index in [0.717, 1.165) is 0 Å². The Morgan fingerprint density at radius 2 is 0.895 bits per heavy atom. The molecule has 2 aromatic rings. The molecule has 0 spiro atoms. The first kappa shape index (κ1) is 17.0. The standard InChI is InChI=1S/2C7H6O2.Ir/c2*8-7(9)6-4-2-1-3-5-6;/h2*1-5H,(H,8,9);/p-2. The molecule has 0 aliphatic carbocycles. The molecule has 0 aliphatic rings. The summed E-state index contributed by atoms with van der Waals surface area (Å²) >= 11 is 0. The third-order valence-electron chi connectivity index (χ3n) is 2.02. The Morgan fingerprint density at radius 3 is 1.05 bits per heavy atom. The van der Waals surface area contributed by atoms with Crippen molar-refractivity contribution in [2.45, 2.75) is 0 Å². The second kappa shape index (κ2) is 9.03. The number of hydrogen-bond donors (Lipinski definition) is 0. The molecule has 0 saturated carbocycles. The predicted molar refractivity (Wildman–Crippen MR) is 61.5 cm³/mol. The maximum Gasteiger partial charge on any atom is 0.0715 e. The van der Waals surface area contributed by atoms with Crippen molar-refractivity contribution < 1.29 is 39.9 Å². The second-order valence-corrected chi connectivity index (χ2v) is 3.31. The van der Waals surface area contributed by atoms with Crippen LogP contribution in [0.3, 0.4) is 0 Å². The van der Waals surface area contributed by atoms with E-state index in [9.17, 15) is 19.8 Å². The van der Waals surface area contributed by atoms with Crippen LogP contribution in [0.15, 0.2) is 60.7 Å². The Bertz CT molecular complexity index is 462. The largest absolute Gasteiger partial charge is 0.545 e. The van der Waals surface area contributed by atoms with Crippen molar-refractivity contribution in [2.75, 3.05) is 0 Å². The summed E-state index contributed by atoms with van der Waals surface area (Å²) in [5.74, 6) is -2.26. The van der Waals surface area contributed by atoms with Crippen LogP contribution in [0, 0.1) is 0 Å². The number of carbonyl (C=O) groups excluding carboxylic acids is 2. The molecule has 0 bridgehead atoms. The summed E-state index contributed by atoms with van der Waals surface area (Å²) < 4.78 is 0.